The number of nitrogens with zero attached hydrogens (tertiary/aromatic N) is 1. The maximum atomic E-state index is 13.2. The van der Waals surface area contributed by atoms with E-state index in [9.17, 15) is 14.5 Å². The second-order valence-corrected chi connectivity index (χ2v) is 2.59. The fourth-order valence-electron chi connectivity index (χ4n) is 0.921. The Balaban J connectivity index is 2.88. The van der Waals surface area contributed by atoms with Crippen LogP contribution in [0.25, 0.3) is 0 Å². The Morgan fingerprint density at radius 1 is 1.53 bits per heavy atom. The summed E-state index contributed by atoms with van der Waals surface area (Å²) in [5.41, 5.74) is -0.173. The van der Waals surface area contributed by atoms with Crippen molar-refractivity contribution in [1.29, 1.82) is 5.41 Å². The molecule has 5 nitrogen and oxygen atoms in total. The Hall–Kier alpha value is -2.24. The molecule has 0 aromatic heterocycles. The highest BCUT2D eigenvalue weighted by atomic mass is 19.1. The van der Waals surface area contributed by atoms with E-state index in [-0.39, 0.29) is 11.4 Å². The predicted molar refractivity (Wildman–Crippen MR) is 54.6 cm³/mol. The molecule has 15 heavy (non-hydrogen) atoms. The minimum absolute atomic E-state index is 0.124. The monoisotopic (exact) mass is 209 g/mol. The van der Waals surface area contributed by atoms with E-state index in [1.165, 1.54) is 24.4 Å². The average molecular weight is 209 g/mol. The minimum Gasteiger partial charge on any atom is -0.359 e. The number of non-ortho nitro benzene ring substituents is 1. The molecule has 0 saturated heterocycles. The van der Waals surface area contributed by atoms with Gasteiger partial charge in [0.15, 0.2) is 5.82 Å². The third kappa shape index (κ3) is 2.87. The van der Waals surface area contributed by atoms with Gasteiger partial charge in [-0.25, -0.2) is 4.39 Å². The second-order valence-electron chi connectivity index (χ2n) is 2.59. The van der Waals surface area contributed by atoms with Crippen LogP contribution >= 0.6 is 0 Å². The van der Waals surface area contributed by atoms with E-state index in [0.717, 1.165) is 12.3 Å². The van der Waals surface area contributed by atoms with Gasteiger partial charge in [-0.05, 0) is 12.1 Å². The quantitative estimate of drug-likeness (QED) is 0.453. The van der Waals surface area contributed by atoms with E-state index in [1.54, 1.807) is 0 Å². The maximum absolute atomic E-state index is 13.2. The fourth-order valence-corrected chi connectivity index (χ4v) is 0.921. The molecule has 6 heteroatoms. The summed E-state index contributed by atoms with van der Waals surface area (Å²) >= 11 is 0. The van der Waals surface area contributed by atoms with Gasteiger partial charge in [0, 0.05) is 18.5 Å². The van der Waals surface area contributed by atoms with Crippen LogP contribution in [0.5, 0.6) is 0 Å². The highest BCUT2D eigenvalue weighted by Crippen LogP contribution is 2.20. The summed E-state index contributed by atoms with van der Waals surface area (Å²) < 4.78 is 13.2. The average Bonchev–Trinajstić information content (AvgIpc) is 2.20. The van der Waals surface area contributed by atoms with Crippen LogP contribution in [0.2, 0.25) is 0 Å². The SMILES string of the molecule is N=C/C=C\Nc1ccc([N+](=O)[O-])cc1F. The summed E-state index contributed by atoms with van der Waals surface area (Å²) in [6.07, 6.45) is 3.74. The third-order valence-corrected chi connectivity index (χ3v) is 1.59. The van der Waals surface area contributed by atoms with Gasteiger partial charge < -0.3 is 10.7 Å². The van der Waals surface area contributed by atoms with Gasteiger partial charge in [-0.15, -0.1) is 0 Å². The lowest BCUT2D eigenvalue weighted by molar-refractivity contribution is -0.385. The molecule has 1 aromatic carbocycles. The van der Waals surface area contributed by atoms with Gasteiger partial charge in [-0.2, -0.15) is 0 Å². The lowest BCUT2D eigenvalue weighted by Crippen LogP contribution is -1.94. The Bertz CT molecular complexity index is 418. The van der Waals surface area contributed by atoms with Crippen LogP contribution in [0.3, 0.4) is 0 Å². The summed E-state index contributed by atoms with van der Waals surface area (Å²) in [5, 5.41) is 19.5. The maximum Gasteiger partial charge on any atom is 0.272 e. The molecule has 1 aromatic rings. The molecular formula is C9H8FN3O2. The van der Waals surface area contributed by atoms with Crippen molar-refractivity contribution >= 4 is 17.6 Å². The molecule has 0 aliphatic carbocycles. The zero-order chi connectivity index (χ0) is 11.3. The Morgan fingerprint density at radius 3 is 2.80 bits per heavy atom. The zero-order valence-corrected chi connectivity index (χ0v) is 7.61. The number of nitro benzene ring substituents is 1. The lowest BCUT2D eigenvalue weighted by atomic mass is 10.2. The molecule has 0 bridgehead atoms. The van der Waals surface area contributed by atoms with E-state index >= 15 is 0 Å². The summed E-state index contributed by atoms with van der Waals surface area (Å²) in [6, 6.07) is 3.30. The van der Waals surface area contributed by atoms with Gasteiger partial charge in [0.1, 0.15) is 0 Å². The van der Waals surface area contributed by atoms with Crippen LogP contribution in [-0.2, 0) is 0 Å². The summed E-state index contributed by atoms with van der Waals surface area (Å²) in [7, 11) is 0. The lowest BCUT2D eigenvalue weighted by Gasteiger charge is -2.01. The standard InChI is InChI=1S/C9H8FN3O2/c10-8-6-7(13(14)15)2-3-9(8)12-5-1-4-11/h1-6,11-12H/b5-1-,11-4?. The van der Waals surface area contributed by atoms with Crippen molar-refractivity contribution in [3.8, 4) is 0 Å². The molecule has 2 N–H and O–H groups in total. The first-order valence-corrected chi connectivity index (χ1v) is 4.01. The van der Waals surface area contributed by atoms with Crippen molar-refractivity contribution in [2.45, 2.75) is 0 Å². The van der Waals surface area contributed by atoms with Gasteiger partial charge in [-0.1, -0.05) is 0 Å². The number of nitrogens with one attached hydrogen (secondary N) is 2. The van der Waals surface area contributed by atoms with Crippen LogP contribution in [0.1, 0.15) is 0 Å². The highest BCUT2D eigenvalue weighted by molar-refractivity contribution is 5.68. The molecule has 0 amide bonds. The van der Waals surface area contributed by atoms with Crippen LogP contribution in [-0.4, -0.2) is 11.1 Å². The van der Waals surface area contributed by atoms with Crippen molar-refractivity contribution in [3.05, 3.63) is 46.4 Å². The summed E-state index contributed by atoms with van der Waals surface area (Å²) in [4.78, 5) is 9.63. The molecule has 1 rings (SSSR count). The van der Waals surface area contributed by atoms with Crippen LogP contribution < -0.4 is 5.32 Å². The zero-order valence-electron chi connectivity index (χ0n) is 7.61. The molecule has 0 radical (unpaired) electrons. The van der Waals surface area contributed by atoms with Gasteiger partial charge >= 0.3 is 0 Å². The molecular weight excluding hydrogens is 201 g/mol. The van der Waals surface area contributed by atoms with Crippen LogP contribution in [0.15, 0.2) is 30.5 Å². The van der Waals surface area contributed by atoms with Gasteiger partial charge in [0.05, 0.1) is 16.7 Å². The summed E-state index contributed by atoms with van der Waals surface area (Å²) in [5.74, 6) is -0.709. The van der Waals surface area contributed by atoms with E-state index in [2.05, 4.69) is 5.32 Å². The Kier molecular flexibility index (Phi) is 3.50. The summed E-state index contributed by atoms with van der Waals surface area (Å²) in [6.45, 7) is 0. The predicted octanol–water partition coefficient (Wildman–Crippen LogP) is 2.31. The van der Waals surface area contributed by atoms with Crippen LogP contribution in [0.4, 0.5) is 15.8 Å². The first-order valence-electron chi connectivity index (χ1n) is 4.01. The number of nitro groups is 1. The van der Waals surface area contributed by atoms with E-state index in [0.29, 0.717) is 0 Å². The number of benzene rings is 1. The normalized spacial score (nSPS) is 10.2. The van der Waals surface area contributed by atoms with E-state index in [1.807, 2.05) is 0 Å². The molecule has 0 spiro atoms. The number of hydrogen-bond acceptors (Lipinski definition) is 4. The van der Waals surface area contributed by atoms with E-state index in [4.69, 9.17) is 5.41 Å². The molecule has 0 aliphatic heterocycles. The smallest absolute Gasteiger partial charge is 0.272 e. The topological polar surface area (TPSA) is 79.0 Å². The molecule has 0 saturated carbocycles. The Labute approximate surface area is 84.9 Å². The van der Waals surface area contributed by atoms with Gasteiger partial charge in [0.25, 0.3) is 5.69 Å². The Morgan fingerprint density at radius 2 is 2.27 bits per heavy atom. The minimum atomic E-state index is -0.709. The molecule has 0 unspecified atom stereocenters. The number of hydrogen-bond donors (Lipinski definition) is 2. The molecule has 0 atom stereocenters. The first kappa shape index (κ1) is 10.8. The number of rotatable bonds is 4. The van der Waals surface area contributed by atoms with Gasteiger partial charge in [0.2, 0.25) is 0 Å². The number of allylic oxidation sites excluding steroid dienone is 1. The molecule has 78 valence electrons. The number of halogens is 1. The third-order valence-electron chi connectivity index (χ3n) is 1.59. The van der Waals surface area contributed by atoms with E-state index < -0.39 is 10.7 Å². The number of anilines is 1. The largest absolute Gasteiger partial charge is 0.359 e. The molecule has 0 fully saturated rings. The van der Waals surface area contributed by atoms with Crippen molar-refractivity contribution in [1.82, 2.24) is 0 Å². The van der Waals surface area contributed by atoms with Crippen molar-refractivity contribution in [2.24, 2.45) is 0 Å². The molecule has 0 aliphatic rings. The van der Waals surface area contributed by atoms with Gasteiger partial charge in [-0.3, -0.25) is 10.1 Å². The van der Waals surface area contributed by atoms with Crippen LogP contribution in [0, 0.1) is 21.3 Å². The van der Waals surface area contributed by atoms with Crippen molar-refractivity contribution in [2.75, 3.05) is 5.32 Å². The first-order chi connectivity index (χ1) is 7.15. The molecule has 0 heterocycles. The van der Waals surface area contributed by atoms with Crippen molar-refractivity contribution < 1.29 is 9.31 Å². The highest BCUT2D eigenvalue weighted by Gasteiger charge is 2.09. The second kappa shape index (κ2) is 4.85. The van der Waals surface area contributed by atoms with Crippen molar-refractivity contribution in [3.63, 3.8) is 0 Å². The fraction of sp³-hybridized carbons (Fsp3) is 0.